The molecule has 0 aromatic heterocycles. The Hall–Kier alpha value is -3.28. The van der Waals surface area contributed by atoms with Crippen molar-refractivity contribution in [2.75, 3.05) is 44.2 Å². The van der Waals surface area contributed by atoms with Gasteiger partial charge in [-0.3, -0.25) is 14.5 Å². The van der Waals surface area contributed by atoms with Crippen molar-refractivity contribution < 1.29 is 9.59 Å². The minimum atomic E-state index is -0.382. The van der Waals surface area contributed by atoms with Crippen LogP contribution in [0.4, 0.5) is 5.69 Å². The van der Waals surface area contributed by atoms with Crippen LogP contribution >= 0.6 is 0 Å². The van der Waals surface area contributed by atoms with E-state index < -0.39 is 0 Å². The molecule has 0 bridgehead atoms. The smallest absolute Gasteiger partial charge is 0.299 e. The minimum absolute atomic E-state index is 0.260. The van der Waals surface area contributed by atoms with E-state index in [9.17, 15) is 9.59 Å². The Bertz CT molecular complexity index is 1160. The van der Waals surface area contributed by atoms with Gasteiger partial charge < -0.3 is 9.80 Å². The maximum absolute atomic E-state index is 12.7. The van der Waals surface area contributed by atoms with E-state index in [1.54, 1.807) is 11.0 Å². The number of hydrogen-bond acceptors (Lipinski definition) is 4. The van der Waals surface area contributed by atoms with Crippen molar-refractivity contribution in [1.29, 1.82) is 0 Å². The number of ketones is 1. The van der Waals surface area contributed by atoms with E-state index in [4.69, 9.17) is 0 Å². The van der Waals surface area contributed by atoms with E-state index in [0.717, 1.165) is 56.0 Å². The summed E-state index contributed by atoms with van der Waals surface area (Å²) in [6, 6.07) is 25.5. The van der Waals surface area contributed by atoms with Crippen molar-refractivity contribution >= 4 is 17.4 Å². The number of carbonyl (C=O) groups is 2. The molecule has 0 atom stereocenters. The van der Waals surface area contributed by atoms with Crippen LogP contribution in [0.3, 0.4) is 0 Å². The van der Waals surface area contributed by atoms with Gasteiger partial charge in [0, 0.05) is 32.7 Å². The molecule has 0 unspecified atom stereocenters. The molecule has 1 saturated heterocycles. The van der Waals surface area contributed by atoms with E-state index >= 15 is 0 Å². The first-order chi connectivity index (χ1) is 17.0. The second kappa shape index (κ2) is 10.1. The summed E-state index contributed by atoms with van der Waals surface area (Å²) in [7, 11) is 0. The monoisotopic (exact) mass is 467 g/mol. The first-order valence-corrected chi connectivity index (χ1v) is 12.6. The number of aryl methyl sites for hydroxylation is 1. The van der Waals surface area contributed by atoms with Crippen molar-refractivity contribution in [3.8, 4) is 0 Å². The Balaban J connectivity index is 1.20. The molecular formula is C30H33N3O2. The maximum atomic E-state index is 12.7. The summed E-state index contributed by atoms with van der Waals surface area (Å²) in [5.41, 5.74) is 6.17. The Morgan fingerprint density at radius 3 is 1.94 bits per heavy atom. The Morgan fingerprint density at radius 2 is 1.34 bits per heavy atom. The van der Waals surface area contributed by atoms with Crippen LogP contribution < -0.4 is 4.90 Å². The average Bonchev–Trinajstić information content (AvgIpc) is 3.14. The number of hydrogen-bond donors (Lipinski definition) is 0. The number of amides is 1. The Labute approximate surface area is 208 Å². The standard InChI is InChI=1S/C30H33N3O2/c1-22-14-15-26-27(23(22)2)33(30(35)29(26)34)17-9-16-31-18-20-32(21-19-31)28(24-10-5-3-6-11-24)25-12-7-4-8-13-25/h3-8,10-15,28H,9,16-21H2,1-2H3. The van der Waals surface area contributed by atoms with Gasteiger partial charge in [0.1, 0.15) is 0 Å². The van der Waals surface area contributed by atoms with Crippen LogP contribution in [0.2, 0.25) is 0 Å². The van der Waals surface area contributed by atoms with Crippen molar-refractivity contribution in [1.82, 2.24) is 9.80 Å². The molecule has 3 aromatic carbocycles. The minimum Gasteiger partial charge on any atom is -0.304 e. The summed E-state index contributed by atoms with van der Waals surface area (Å²) in [6.45, 7) is 9.52. The molecule has 35 heavy (non-hydrogen) atoms. The van der Waals surface area contributed by atoms with Gasteiger partial charge in [-0.2, -0.15) is 0 Å². The third-order valence-electron chi connectivity index (χ3n) is 7.51. The highest BCUT2D eigenvalue weighted by Crippen LogP contribution is 2.34. The molecule has 180 valence electrons. The third-order valence-corrected chi connectivity index (χ3v) is 7.51. The Morgan fingerprint density at radius 1 is 0.743 bits per heavy atom. The fraction of sp³-hybridized carbons (Fsp3) is 0.333. The third kappa shape index (κ3) is 4.66. The van der Waals surface area contributed by atoms with Gasteiger partial charge in [0.15, 0.2) is 0 Å². The number of fused-ring (bicyclic) bond motifs is 1. The zero-order valence-corrected chi connectivity index (χ0v) is 20.6. The lowest BCUT2D eigenvalue weighted by atomic mass is 9.96. The number of nitrogens with zero attached hydrogens (tertiary/aromatic N) is 3. The normalized spacial score (nSPS) is 16.8. The quantitative estimate of drug-likeness (QED) is 0.475. The summed E-state index contributed by atoms with van der Waals surface area (Å²) < 4.78 is 0. The van der Waals surface area contributed by atoms with Crippen LogP contribution in [0.5, 0.6) is 0 Å². The lowest BCUT2D eigenvalue weighted by molar-refractivity contribution is -0.114. The number of carbonyl (C=O) groups excluding carboxylic acids is 2. The summed E-state index contributed by atoms with van der Waals surface area (Å²) in [5, 5.41) is 0. The lowest BCUT2D eigenvalue weighted by Gasteiger charge is -2.40. The van der Waals surface area contributed by atoms with Gasteiger partial charge in [-0.05, 0) is 55.1 Å². The molecule has 5 rings (SSSR count). The van der Waals surface area contributed by atoms with Crippen LogP contribution in [0.1, 0.15) is 45.1 Å². The molecular weight excluding hydrogens is 434 g/mol. The molecule has 0 saturated carbocycles. The topological polar surface area (TPSA) is 43.9 Å². The van der Waals surface area contributed by atoms with Crippen LogP contribution in [0, 0.1) is 13.8 Å². The Kier molecular flexibility index (Phi) is 6.80. The van der Waals surface area contributed by atoms with Crippen molar-refractivity contribution in [3.63, 3.8) is 0 Å². The zero-order valence-electron chi connectivity index (χ0n) is 20.6. The average molecular weight is 468 g/mol. The number of Topliss-reactive ketones (excluding diaryl/α,β-unsaturated/α-hetero) is 1. The van der Waals surface area contributed by atoms with E-state index in [1.807, 2.05) is 19.9 Å². The zero-order chi connectivity index (χ0) is 24.4. The van der Waals surface area contributed by atoms with Gasteiger partial charge in [-0.25, -0.2) is 0 Å². The highest BCUT2D eigenvalue weighted by Gasteiger charge is 2.37. The number of rotatable bonds is 7. The molecule has 0 N–H and O–H groups in total. The van der Waals surface area contributed by atoms with E-state index in [-0.39, 0.29) is 17.7 Å². The number of piperazine rings is 1. The van der Waals surface area contributed by atoms with Crippen LogP contribution in [0.25, 0.3) is 0 Å². The van der Waals surface area contributed by atoms with E-state index in [0.29, 0.717) is 12.1 Å². The highest BCUT2D eigenvalue weighted by molar-refractivity contribution is 6.52. The lowest BCUT2D eigenvalue weighted by Crippen LogP contribution is -2.48. The van der Waals surface area contributed by atoms with Crippen molar-refractivity contribution in [2.45, 2.75) is 26.3 Å². The molecule has 2 aliphatic heterocycles. The maximum Gasteiger partial charge on any atom is 0.299 e. The molecule has 1 fully saturated rings. The van der Waals surface area contributed by atoms with E-state index in [2.05, 4.69) is 70.5 Å². The highest BCUT2D eigenvalue weighted by atomic mass is 16.2. The summed E-state index contributed by atoms with van der Waals surface area (Å²) in [6.07, 6.45) is 0.854. The largest absolute Gasteiger partial charge is 0.304 e. The predicted molar refractivity (Wildman–Crippen MR) is 140 cm³/mol. The van der Waals surface area contributed by atoms with Crippen LogP contribution in [0.15, 0.2) is 72.8 Å². The second-order valence-corrected chi connectivity index (χ2v) is 9.64. The van der Waals surface area contributed by atoms with Crippen LogP contribution in [-0.2, 0) is 4.79 Å². The fourth-order valence-corrected chi connectivity index (χ4v) is 5.47. The molecule has 1 amide bonds. The molecule has 0 spiro atoms. The summed E-state index contributed by atoms with van der Waals surface area (Å²) in [5.74, 6) is -0.753. The summed E-state index contributed by atoms with van der Waals surface area (Å²) >= 11 is 0. The van der Waals surface area contributed by atoms with E-state index in [1.165, 1.54) is 11.1 Å². The first-order valence-electron chi connectivity index (χ1n) is 12.6. The molecule has 2 aliphatic rings. The molecule has 3 aromatic rings. The van der Waals surface area contributed by atoms with Gasteiger partial charge in [0.2, 0.25) is 0 Å². The molecule has 0 radical (unpaired) electrons. The van der Waals surface area contributed by atoms with Gasteiger partial charge in [-0.1, -0.05) is 66.7 Å². The molecule has 0 aliphatic carbocycles. The van der Waals surface area contributed by atoms with Gasteiger partial charge in [0.05, 0.1) is 17.3 Å². The molecule has 2 heterocycles. The van der Waals surface area contributed by atoms with Crippen molar-refractivity contribution in [3.05, 3.63) is 101 Å². The number of benzene rings is 3. The van der Waals surface area contributed by atoms with Gasteiger partial charge in [0.25, 0.3) is 11.7 Å². The first kappa shape index (κ1) is 23.5. The molecule has 5 nitrogen and oxygen atoms in total. The van der Waals surface area contributed by atoms with Crippen LogP contribution in [-0.4, -0.2) is 60.8 Å². The predicted octanol–water partition coefficient (Wildman–Crippen LogP) is 4.63. The van der Waals surface area contributed by atoms with Gasteiger partial charge in [-0.15, -0.1) is 0 Å². The second-order valence-electron chi connectivity index (χ2n) is 9.64. The SMILES string of the molecule is Cc1ccc2c(c1C)N(CCCN1CCN(C(c3ccccc3)c3ccccc3)CC1)C(=O)C2=O. The summed E-state index contributed by atoms with van der Waals surface area (Å²) in [4.78, 5) is 31.9. The van der Waals surface area contributed by atoms with Gasteiger partial charge >= 0.3 is 0 Å². The fourth-order valence-electron chi connectivity index (χ4n) is 5.47. The number of anilines is 1. The molecule has 5 heteroatoms. The van der Waals surface area contributed by atoms with Crippen molar-refractivity contribution in [2.24, 2.45) is 0 Å².